The maximum Gasteiger partial charge on any atom is 0.250 e. The van der Waals surface area contributed by atoms with E-state index in [0.29, 0.717) is 6.54 Å². The Balaban J connectivity index is 1.50. The first-order valence-electron chi connectivity index (χ1n) is 13.5. The van der Waals surface area contributed by atoms with Gasteiger partial charge in [0.2, 0.25) is 5.91 Å². The molecule has 40 heavy (non-hydrogen) atoms. The molecule has 0 bridgehead atoms. The number of nitrogens with two attached hydrogens (primary N) is 1. The fourth-order valence-corrected chi connectivity index (χ4v) is 4.65. The third kappa shape index (κ3) is 7.34. The lowest BCUT2D eigenvalue weighted by atomic mass is 10.0. The van der Waals surface area contributed by atoms with Crippen molar-refractivity contribution in [3.8, 4) is 0 Å². The number of hydrogen-bond donors (Lipinski definition) is 3. The molecule has 1 aliphatic rings. The van der Waals surface area contributed by atoms with Crippen LogP contribution in [0.4, 0.5) is 5.82 Å². The summed E-state index contributed by atoms with van der Waals surface area (Å²) in [5, 5.41) is 5.44. The Morgan fingerprint density at radius 1 is 1.10 bits per heavy atom. The molecule has 212 valence electrons. The summed E-state index contributed by atoms with van der Waals surface area (Å²) in [4.78, 5) is 45.8. The predicted molar refractivity (Wildman–Crippen MR) is 152 cm³/mol. The number of anilines is 1. The molecule has 1 unspecified atom stereocenters. The molecule has 4 N–H and O–H groups in total. The highest BCUT2D eigenvalue weighted by molar-refractivity contribution is 5.98. The van der Waals surface area contributed by atoms with Gasteiger partial charge in [0.1, 0.15) is 12.1 Å². The summed E-state index contributed by atoms with van der Waals surface area (Å²) in [5.41, 5.74) is 6.53. The molecular formula is C30H38N6O4. The molecule has 1 aliphatic heterocycles. The van der Waals surface area contributed by atoms with E-state index in [-0.39, 0.29) is 31.0 Å². The second kappa shape index (κ2) is 12.9. The van der Waals surface area contributed by atoms with Gasteiger partial charge in [-0.05, 0) is 44.7 Å². The molecule has 0 radical (unpaired) electrons. The smallest absolute Gasteiger partial charge is 0.250 e. The van der Waals surface area contributed by atoms with Crippen molar-refractivity contribution in [2.75, 3.05) is 18.5 Å². The van der Waals surface area contributed by atoms with Gasteiger partial charge in [0.05, 0.1) is 25.1 Å². The minimum absolute atomic E-state index is 0.0175. The Bertz CT molecular complexity index is 1290. The van der Waals surface area contributed by atoms with Crippen molar-refractivity contribution in [3.05, 3.63) is 84.3 Å². The summed E-state index contributed by atoms with van der Waals surface area (Å²) >= 11 is 0. The summed E-state index contributed by atoms with van der Waals surface area (Å²) in [6, 6.07) is 17.6. The third-order valence-corrected chi connectivity index (χ3v) is 6.94. The fraction of sp³-hybridized carbons (Fsp3) is 0.400. The van der Waals surface area contributed by atoms with E-state index in [2.05, 4.69) is 22.5 Å². The molecule has 2 heterocycles. The zero-order chi connectivity index (χ0) is 28.7. The van der Waals surface area contributed by atoms with Gasteiger partial charge in [-0.1, -0.05) is 60.7 Å². The molecule has 1 aromatic heterocycles. The maximum atomic E-state index is 13.7. The summed E-state index contributed by atoms with van der Waals surface area (Å²) < 4.78 is 7.47. The number of amides is 3. The first-order chi connectivity index (χ1) is 19.1. The third-order valence-electron chi connectivity index (χ3n) is 6.94. The van der Waals surface area contributed by atoms with Crippen molar-refractivity contribution in [2.24, 2.45) is 5.73 Å². The van der Waals surface area contributed by atoms with Gasteiger partial charge in [-0.3, -0.25) is 14.4 Å². The summed E-state index contributed by atoms with van der Waals surface area (Å²) in [6.07, 6.45) is 5.11. The molecule has 1 saturated heterocycles. The number of ether oxygens (including phenoxy) is 1. The van der Waals surface area contributed by atoms with Crippen LogP contribution in [0, 0.1) is 0 Å². The van der Waals surface area contributed by atoms with Crippen molar-refractivity contribution >= 4 is 23.5 Å². The number of nitrogens with zero attached hydrogens (tertiary/aromatic N) is 3. The van der Waals surface area contributed by atoms with E-state index in [0.717, 1.165) is 24.0 Å². The minimum atomic E-state index is -1.19. The predicted octanol–water partition coefficient (Wildman–Crippen LogP) is 2.86. The van der Waals surface area contributed by atoms with Crippen LogP contribution in [0.25, 0.3) is 0 Å². The second-order valence-corrected chi connectivity index (χ2v) is 10.8. The average Bonchev–Trinajstić information content (AvgIpc) is 3.57. The first-order valence-corrected chi connectivity index (χ1v) is 13.5. The van der Waals surface area contributed by atoms with Gasteiger partial charge in [0.25, 0.3) is 11.8 Å². The number of aromatic nitrogens is 2. The minimum Gasteiger partial charge on any atom is -0.374 e. The van der Waals surface area contributed by atoms with Crippen molar-refractivity contribution in [3.63, 3.8) is 0 Å². The van der Waals surface area contributed by atoms with E-state index in [4.69, 9.17) is 10.5 Å². The number of carbonyl (C=O) groups excluding carboxylic acids is 3. The quantitative estimate of drug-likeness (QED) is 0.339. The number of nitrogens with one attached hydrogen (secondary N) is 2. The van der Waals surface area contributed by atoms with Crippen molar-refractivity contribution in [1.29, 1.82) is 0 Å². The van der Waals surface area contributed by atoms with E-state index >= 15 is 0 Å². The van der Waals surface area contributed by atoms with Crippen LogP contribution < -0.4 is 16.4 Å². The summed E-state index contributed by atoms with van der Waals surface area (Å²) in [7, 11) is 0. The Labute approximate surface area is 234 Å². The second-order valence-electron chi connectivity index (χ2n) is 10.8. The van der Waals surface area contributed by atoms with Gasteiger partial charge in [-0.15, -0.1) is 0 Å². The van der Waals surface area contributed by atoms with E-state index in [1.54, 1.807) is 24.6 Å². The highest BCUT2D eigenvalue weighted by Gasteiger charge is 2.33. The lowest BCUT2D eigenvalue weighted by Crippen LogP contribution is -2.56. The van der Waals surface area contributed by atoms with Gasteiger partial charge >= 0.3 is 0 Å². The number of carbonyl (C=O) groups is 3. The van der Waals surface area contributed by atoms with E-state index in [1.165, 1.54) is 6.33 Å². The molecule has 10 nitrogen and oxygen atoms in total. The molecule has 1 fully saturated rings. The van der Waals surface area contributed by atoms with E-state index in [1.807, 2.05) is 65.6 Å². The largest absolute Gasteiger partial charge is 0.374 e. The Hall–Kier alpha value is -4.02. The molecule has 0 saturated carbocycles. The fourth-order valence-electron chi connectivity index (χ4n) is 4.65. The molecule has 0 aliphatic carbocycles. The Kier molecular flexibility index (Phi) is 9.34. The number of benzene rings is 2. The molecule has 3 aromatic rings. The Morgan fingerprint density at radius 2 is 1.77 bits per heavy atom. The van der Waals surface area contributed by atoms with E-state index < -0.39 is 29.4 Å². The monoisotopic (exact) mass is 546 g/mol. The number of likely N-dealkylation sites (tertiary alicyclic amines) is 1. The zero-order valence-electron chi connectivity index (χ0n) is 23.2. The van der Waals surface area contributed by atoms with Crippen LogP contribution in [0.3, 0.4) is 0 Å². The van der Waals surface area contributed by atoms with Crippen molar-refractivity contribution in [2.45, 2.75) is 63.9 Å². The zero-order valence-corrected chi connectivity index (χ0v) is 23.2. The SMILES string of the molecule is C[C@@H]1CCCN1C(=O)C(c1ccccc1)n1cnc(NC(=O)[C@H](COCc2ccccc2)NC(=O)C(C)(C)N)c1. The van der Waals surface area contributed by atoms with E-state index in [9.17, 15) is 14.4 Å². The molecule has 2 aromatic carbocycles. The summed E-state index contributed by atoms with van der Waals surface area (Å²) in [5.74, 6) is -0.763. The van der Waals surface area contributed by atoms with Crippen LogP contribution in [-0.2, 0) is 25.7 Å². The van der Waals surface area contributed by atoms with Crippen LogP contribution in [0.1, 0.15) is 50.8 Å². The van der Waals surface area contributed by atoms with Crippen LogP contribution in [0.15, 0.2) is 73.2 Å². The van der Waals surface area contributed by atoms with Gasteiger partial charge in [0.15, 0.2) is 5.82 Å². The van der Waals surface area contributed by atoms with Gasteiger partial charge < -0.3 is 30.6 Å². The van der Waals surface area contributed by atoms with Gasteiger partial charge in [-0.25, -0.2) is 4.98 Å². The topological polar surface area (TPSA) is 132 Å². The number of rotatable bonds is 11. The first kappa shape index (κ1) is 29.0. The van der Waals surface area contributed by atoms with Crippen molar-refractivity contribution in [1.82, 2.24) is 19.8 Å². The van der Waals surface area contributed by atoms with Crippen molar-refractivity contribution < 1.29 is 19.1 Å². The molecule has 0 spiro atoms. The highest BCUT2D eigenvalue weighted by atomic mass is 16.5. The lowest BCUT2D eigenvalue weighted by molar-refractivity contribution is -0.134. The number of hydrogen-bond acceptors (Lipinski definition) is 6. The molecule has 4 rings (SSSR count). The van der Waals surface area contributed by atoms with Gasteiger partial charge in [0, 0.05) is 18.8 Å². The molecule has 10 heteroatoms. The lowest BCUT2D eigenvalue weighted by Gasteiger charge is -2.28. The van der Waals surface area contributed by atoms with Gasteiger partial charge in [-0.2, -0.15) is 0 Å². The van der Waals surface area contributed by atoms with Crippen LogP contribution in [-0.4, -0.2) is 62.9 Å². The highest BCUT2D eigenvalue weighted by Crippen LogP contribution is 2.27. The molecule has 3 atom stereocenters. The number of imidazole rings is 1. The summed E-state index contributed by atoms with van der Waals surface area (Å²) in [6.45, 7) is 6.10. The van der Waals surface area contributed by atoms with Crippen LogP contribution in [0.5, 0.6) is 0 Å². The van der Waals surface area contributed by atoms with Crippen LogP contribution >= 0.6 is 0 Å². The average molecular weight is 547 g/mol. The molecule has 3 amide bonds. The van der Waals surface area contributed by atoms with Crippen LogP contribution in [0.2, 0.25) is 0 Å². The Morgan fingerprint density at radius 3 is 2.40 bits per heavy atom. The standard InChI is InChI=1S/C30H38N6O4/c1-21-11-10-16-36(21)28(38)26(23-14-8-5-9-15-23)35-17-25(32-20-35)34-27(37)24(33-29(39)30(2,3)31)19-40-18-22-12-6-4-7-13-22/h4-9,12-15,17,20-21,24,26H,10-11,16,18-19,31H2,1-3H3,(H,33,39)(H,34,37)/t21-,24+,26?/m1/s1. The maximum absolute atomic E-state index is 13.7. The normalized spacial score (nSPS) is 16.8. The molecular weight excluding hydrogens is 508 g/mol.